The van der Waals surface area contributed by atoms with Crippen molar-refractivity contribution in [3.05, 3.63) is 0 Å². The molecule has 0 spiro atoms. The Labute approximate surface area is 102 Å². The van der Waals surface area contributed by atoms with Crippen molar-refractivity contribution in [3.63, 3.8) is 0 Å². The molecule has 17 heavy (non-hydrogen) atoms. The van der Waals surface area contributed by atoms with Gasteiger partial charge >= 0.3 is 0 Å². The maximum atomic E-state index is 11.8. The second kappa shape index (κ2) is 4.56. The van der Waals surface area contributed by atoms with Gasteiger partial charge in [0, 0.05) is 19.0 Å². The average molecular weight is 258 g/mol. The number of hydrogen-bond acceptors (Lipinski definition) is 4. The minimum atomic E-state index is -3.45. The fraction of sp³-hybridized carbons (Fsp3) is 0.909. The summed E-state index contributed by atoms with van der Waals surface area (Å²) >= 11 is 0. The lowest BCUT2D eigenvalue weighted by atomic mass is 9.72. The fourth-order valence-electron chi connectivity index (χ4n) is 2.97. The zero-order chi connectivity index (χ0) is 12.5. The molecule has 96 valence electrons. The molecule has 1 N–H and O–H groups in total. The number of fused-ring (bicyclic) bond motifs is 1. The smallest absolute Gasteiger partial charge is 0.227 e. The molecule has 1 aliphatic carbocycles. The van der Waals surface area contributed by atoms with Gasteiger partial charge in [0.25, 0.3) is 0 Å². The maximum Gasteiger partial charge on any atom is 0.227 e. The minimum absolute atomic E-state index is 0.0402. The Morgan fingerprint density at radius 1 is 1.41 bits per heavy atom. The van der Waals surface area contributed by atoms with Gasteiger partial charge in [-0.2, -0.15) is 5.26 Å². The molecule has 5 nitrogen and oxygen atoms in total. The summed E-state index contributed by atoms with van der Waals surface area (Å²) in [7, 11) is -3.45. The highest BCUT2D eigenvalue weighted by molar-refractivity contribution is 7.89. The van der Waals surface area contributed by atoms with Crippen LogP contribution in [0.2, 0.25) is 0 Å². The van der Waals surface area contributed by atoms with E-state index in [2.05, 4.69) is 0 Å². The second-order valence-corrected chi connectivity index (χ2v) is 7.04. The summed E-state index contributed by atoms with van der Waals surface area (Å²) in [4.78, 5) is 0. The molecule has 0 aromatic carbocycles. The van der Waals surface area contributed by atoms with E-state index in [1.165, 1.54) is 4.31 Å². The lowest BCUT2D eigenvalue weighted by Gasteiger charge is -2.46. The Bertz CT molecular complexity index is 428. The van der Waals surface area contributed by atoms with Gasteiger partial charge in [0.2, 0.25) is 10.0 Å². The number of rotatable bonds is 2. The van der Waals surface area contributed by atoms with Crippen molar-refractivity contribution in [1.29, 1.82) is 5.26 Å². The van der Waals surface area contributed by atoms with E-state index in [1.54, 1.807) is 6.07 Å². The molecule has 0 bridgehead atoms. The number of aliphatic hydroxyl groups is 1. The summed E-state index contributed by atoms with van der Waals surface area (Å²) in [5, 5.41) is 18.9. The molecular formula is C11H18N2O3S. The highest BCUT2D eigenvalue weighted by Gasteiger charge is 2.45. The molecule has 6 heteroatoms. The Balaban J connectivity index is 2.10. The van der Waals surface area contributed by atoms with Gasteiger partial charge in [-0.1, -0.05) is 12.8 Å². The average Bonchev–Trinajstić information content (AvgIpc) is 2.27. The molecule has 0 amide bonds. The monoisotopic (exact) mass is 258 g/mol. The first-order valence-corrected chi connectivity index (χ1v) is 7.66. The largest absolute Gasteiger partial charge is 0.390 e. The SMILES string of the molecule is N#CCS(=O)(=O)N1CCC2(O)CCCCC2C1. The van der Waals surface area contributed by atoms with Crippen LogP contribution in [0.1, 0.15) is 32.1 Å². The van der Waals surface area contributed by atoms with Gasteiger partial charge in [0.15, 0.2) is 5.75 Å². The third-order valence-electron chi connectivity index (χ3n) is 4.03. The van der Waals surface area contributed by atoms with Crippen LogP contribution in [0, 0.1) is 17.2 Å². The molecule has 1 heterocycles. The van der Waals surface area contributed by atoms with Crippen LogP contribution in [-0.2, 0) is 10.0 Å². The van der Waals surface area contributed by atoms with Crippen LogP contribution in [0.4, 0.5) is 0 Å². The third kappa shape index (κ3) is 2.46. The summed E-state index contributed by atoms with van der Waals surface area (Å²) < 4.78 is 24.9. The van der Waals surface area contributed by atoms with Crippen molar-refractivity contribution in [2.75, 3.05) is 18.8 Å². The predicted octanol–water partition coefficient (Wildman–Crippen LogP) is 0.467. The Morgan fingerprint density at radius 2 is 2.18 bits per heavy atom. The standard InChI is InChI=1S/C11H18N2O3S/c12-6-8-17(15,16)13-7-5-11(14)4-2-1-3-10(11)9-13/h10,14H,1-5,7-9H2. The first-order chi connectivity index (χ1) is 7.98. The zero-order valence-corrected chi connectivity index (χ0v) is 10.6. The number of nitriles is 1. The fourth-order valence-corrected chi connectivity index (χ4v) is 4.09. The predicted molar refractivity (Wildman–Crippen MR) is 62.5 cm³/mol. The van der Waals surface area contributed by atoms with Crippen LogP contribution in [0.15, 0.2) is 0 Å². The van der Waals surface area contributed by atoms with E-state index in [0.717, 1.165) is 25.7 Å². The molecule has 1 saturated heterocycles. The molecule has 2 fully saturated rings. The van der Waals surface area contributed by atoms with Crippen molar-refractivity contribution < 1.29 is 13.5 Å². The summed E-state index contributed by atoms with van der Waals surface area (Å²) in [5.74, 6) is -0.420. The maximum absolute atomic E-state index is 11.8. The van der Waals surface area contributed by atoms with E-state index < -0.39 is 21.4 Å². The molecule has 1 aliphatic heterocycles. The van der Waals surface area contributed by atoms with Crippen LogP contribution >= 0.6 is 0 Å². The van der Waals surface area contributed by atoms with Gasteiger partial charge in [0.05, 0.1) is 11.7 Å². The lowest BCUT2D eigenvalue weighted by molar-refractivity contribution is -0.0816. The summed E-state index contributed by atoms with van der Waals surface area (Å²) in [6.45, 7) is 0.720. The Hall–Kier alpha value is -0.640. The van der Waals surface area contributed by atoms with E-state index in [1.807, 2.05) is 0 Å². The van der Waals surface area contributed by atoms with E-state index in [0.29, 0.717) is 19.5 Å². The molecule has 0 aromatic rings. The second-order valence-electron chi connectivity index (χ2n) is 5.07. The summed E-state index contributed by atoms with van der Waals surface area (Å²) in [5.41, 5.74) is -0.670. The van der Waals surface area contributed by atoms with Crippen LogP contribution in [0.25, 0.3) is 0 Å². The molecule has 2 rings (SSSR count). The molecular weight excluding hydrogens is 240 g/mol. The Kier molecular flexibility index (Phi) is 3.43. The van der Waals surface area contributed by atoms with Crippen LogP contribution < -0.4 is 0 Å². The van der Waals surface area contributed by atoms with E-state index in [-0.39, 0.29) is 5.92 Å². The van der Waals surface area contributed by atoms with Gasteiger partial charge in [-0.05, 0) is 19.3 Å². The van der Waals surface area contributed by atoms with Crippen molar-refractivity contribution in [3.8, 4) is 6.07 Å². The van der Waals surface area contributed by atoms with Crippen LogP contribution in [-0.4, -0.2) is 42.3 Å². The zero-order valence-electron chi connectivity index (χ0n) is 9.80. The molecule has 0 radical (unpaired) electrons. The molecule has 1 saturated carbocycles. The summed E-state index contributed by atoms with van der Waals surface area (Å²) in [6.07, 6.45) is 4.25. The number of piperidine rings is 1. The molecule has 0 aromatic heterocycles. The van der Waals surface area contributed by atoms with Crippen molar-refractivity contribution in [2.24, 2.45) is 5.92 Å². The van der Waals surface area contributed by atoms with E-state index in [9.17, 15) is 13.5 Å². The van der Waals surface area contributed by atoms with Crippen LogP contribution in [0.3, 0.4) is 0 Å². The van der Waals surface area contributed by atoms with E-state index in [4.69, 9.17) is 5.26 Å². The normalized spacial score (nSPS) is 34.9. The molecule has 2 aliphatic rings. The number of nitrogens with zero attached hydrogens (tertiary/aromatic N) is 2. The highest BCUT2D eigenvalue weighted by Crippen LogP contribution is 2.40. The first-order valence-electron chi connectivity index (χ1n) is 6.05. The van der Waals surface area contributed by atoms with Gasteiger partial charge in [-0.25, -0.2) is 12.7 Å². The van der Waals surface area contributed by atoms with Gasteiger partial charge in [0.1, 0.15) is 0 Å². The number of sulfonamides is 1. The highest BCUT2D eigenvalue weighted by atomic mass is 32.2. The summed E-state index contributed by atoms with van der Waals surface area (Å²) in [6, 6.07) is 1.69. The quantitative estimate of drug-likeness (QED) is 0.780. The van der Waals surface area contributed by atoms with Gasteiger partial charge in [-0.3, -0.25) is 0 Å². The molecule has 2 atom stereocenters. The lowest BCUT2D eigenvalue weighted by Crippen LogP contribution is -2.54. The van der Waals surface area contributed by atoms with Crippen molar-refractivity contribution in [2.45, 2.75) is 37.7 Å². The van der Waals surface area contributed by atoms with Crippen molar-refractivity contribution >= 4 is 10.0 Å². The van der Waals surface area contributed by atoms with E-state index >= 15 is 0 Å². The Morgan fingerprint density at radius 3 is 2.88 bits per heavy atom. The van der Waals surface area contributed by atoms with Gasteiger partial charge < -0.3 is 5.11 Å². The van der Waals surface area contributed by atoms with Gasteiger partial charge in [-0.15, -0.1) is 0 Å². The minimum Gasteiger partial charge on any atom is -0.390 e. The molecule has 2 unspecified atom stereocenters. The van der Waals surface area contributed by atoms with Crippen molar-refractivity contribution in [1.82, 2.24) is 4.31 Å². The van der Waals surface area contributed by atoms with Crippen LogP contribution in [0.5, 0.6) is 0 Å². The number of hydrogen-bond donors (Lipinski definition) is 1. The topological polar surface area (TPSA) is 81.4 Å². The third-order valence-corrected chi connectivity index (χ3v) is 5.64. The first kappa shape index (κ1) is 12.8.